The third kappa shape index (κ3) is 4.03. The number of fused-ring (bicyclic) bond motifs is 1. The van der Waals surface area contributed by atoms with Crippen LogP contribution in [0.4, 0.5) is 4.79 Å². The predicted molar refractivity (Wildman–Crippen MR) is 87.3 cm³/mol. The molecular formula is C17H28N4O2. The van der Waals surface area contributed by atoms with E-state index in [1.807, 2.05) is 20.8 Å². The number of alkyl carbamates (subject to hydrolysis) is 1. The van der Waals surface area contributed by atoms with Crippen molar-refractivity contribution in [3.05, 3.63) is 11.6 Å². The van der Waals surface area contributed by atoms with Gasteiger partial charge in [0.05, 0.1) is 0 Å². The molecule has 0 radical (unpaired) electrons. The maximum absolute atomic E-state index is 12.0. The van der Waals surface area contributed by atoms with Crippen molar-refractivity contribution in [2.24, 2.45) is 0 Å². The molecule has 6 nitrogen and oxygen atoms in total. The standard InChI is InChI=1S/C17H28N4O2/c1-17(2,3)23-16(22)18-13-8-6-7-12(11-13)15-20-19-14-9-4-5-10-21(14)15/h12-13H,4-11H2,1-3H3,(H,18,22)/t12-,13+/m0/s1. The van der Waals surface area contributed by atoms with E-state index in [1.54, 1.807) is 0 Å². The Kier molecular flexibility index (Phi) is 4.60. The topological polar surface area (TPSA) is 69.0 Å². The lowest BCUT2D eigenvalue weighted by molar-refractivity contribution is 0.0489. The van der Waals surface area contributed by atoms with Gasteiger partial charge in [-0.2, -0.15) is 0 Å². The van der Waals surface area contributed by atoms with E-state index < -0.39 is 5.60 Å². The molecule has 23 heavy (non-hydrogen) atoms. The van der Waals surface area contributed by atoms with Crippen LogP contribution in [0.25, 0.3) is 0 Å². The zero-order valence-electron chi connectivity index (χ0n) is 14.5. The fraction of sp³-hybridized carbons (Fsp3) is 0.824. The van der Waals surface area contributed by atoms with E-state index in [4.69, 9.17) is 4.74 Å². The molecule has 1 N–H and O–H groups in total. The molecule has 1 aliphatic carbocycles. The van der Waals surface area contributed by atoms with Crippen LogP contribution in [0, 0.1) is 0 Å². The van der Waals surface area contributed by atoms with Crippen LogP contribution in [0.3, 0.4) is 0 Å². The van der Waals surface area contributed by atoms with Gasteiger partial charge in [-0.05, 0) is 52.9 Å². The number of rotatable bonds is 2. The molecule has 1 fully saturated rings. The number of ether oxygens (including phenoxy) is 1. The molecule has 3 rings (SSSR count). The van der Waals surface area contributed by atoms with Crippen LogP contribution in [0.5, 0.6) is 0 Å². The van der Waals surface area contributed by atoms with Gasteiger partial charge in [0.1, 0.15) is 17.2 Å². The maximum Gasteiger partial charge on any atom is 0.407 e. The van der Waals surface area contributed by atoms with Crippen LogP contribution in [0.15, 0.2) is 0 Å². The summed E-state index contributed by atoms with van der Waals surface area (Å²) < 4.78 is 7.68. The average molecular weight is 320 g/mol. The predicted octanol–water partition coefficient (Wildman–Crippen LogP) is 3.17. The van der Waals surface area contributed by atoms with Gasteiger partial charge in [0.25, 0.3) is 0 Å². The van der Waals surface area contributed by atoms with E-state index in [-0.39, 0.29) is 12.1 Å². The van der Waals surface area contributed by atoms with E-state index in [0.717, 1.165) is 50.3 Å². The molecule has 2 atom stereocenters. The van der Waals surface area contributed by atoms with Crippen LogP contribution in [0.2, 0.25) is 0 Å². The van der Waals surface area contributed by atoms with Crippen molar-refractivity contribution in [2.45, 2.75) is 89.8 Å². The number of carbonyl (C=O) groups excluding carboxylic acids is 1. The van der Waals surface area contributed by atoms with E-state index in [1.165, 1.54) is 12.8 Å². The SMILES string of the molecule is CC(C)(C)OC(=O)N[C@@H]1CCC[C@H](c2nnc3n2CCCC3)C1. The second-order valence-corrected chi connectivity index (χ2v) is 7.79. The summed E-state index contributed by atoms with van der Waals surface area (Å²) in [6, 6.07) is 0.167. The summed E-state index contributed by atoms with van der Waals surface area (Å²) in [4.78, 5) is 12.0. The Labute approximate surface area is 138 Å². The van der Waals surface area contributed by atoms with Crippen molar-refractivity contribution in [1.29, 1.82) is 0 Å². The number of aryl methyl sites for hydroxylation is 1. The van der Waals surface area contributed by atoms with Gasteiger partial charge < -0.3 is 14.6 Å². The first kappa shape index (κ1) is 16.3. The number of hydrogen-bond acceptors (Lipinski definition) is 4. The van der Waals surface area contributed by atoms with Crippen molar-refractivity contribution in [1.82, 2.24) is 20.1 Å². The molecule has 128 valence electrons. The van der Waals surface area contributed by atoms with Gasteiger partial charge in [0.15, 0.2) is 0 Å². The summed E-state index contributed by atoms with van der Waals surface area (Å²) in [6.07, 6.45) is 7.33. The summed E-state index contributed by atoms with van der Waals surface area (Å²) in [5.41, 5.74) is -0.454. The molecule has 6 heteroatoms. The fourth-order valence-corrected chi connectivity index (χ4v) is 3.66. The molecule has 2 aliphatic rings. The Balaban J connectivity index is 1.62. The number of nitrogens with zero attached hydrogens (tertiary/aromatic N) is 3. The largest absolute Gasteiger partial charge is 0.444 e. The lowest BCUT2D eigenvalue weighted by atomic mass is 9.85. The minimum Gasteiger partial charge on any atom is -0.444 e. The molecule has 0 unspecified atom stereocenters. The number of hydrogen-bond donors (Lipinski definition) is 1. The zero-order valence-corrected chi connectivity index (χ0v) is 14.5. The molecule has 0 spiro atoms. The minimum atomic E-state index is -0.454. The van der Waals surface area contributed by atoms with Gasteiger partial charge in [0.2, 0.25) is 0 Å². The molecule has 1 aliphatic heterocycles. The van der Waals surface area contributed by atoms with E-state index >= 15 is 0 Å². The Morgan fingerprint density at radius 1 is 1.22 bits per heavy atom. The summed E-state index contributed by atoms with van der Waals surface area (Å²) >= 11 is 0. The van der Waals surface area contributed by atoms with Gasteiger partial charge >= 0.3 is 6.09 Å². The molecule has 1 aromatic heterocycles. The minimum absolute atomic E-state index is 0.167. The third-order valence-electron chi connectivity index (χ3n) is 4.65. The highest BCUT2D eigenvalue weighted by Gasteiger charge is 2.30. The third-order valence-corrected chi connectivity index (χ3v) is 4.65. The lowest BCUT2D eigenvalue weighted by Gasteiger charge is -2.30. The smallest absolute Gasteiger partial charge is 0.407 e. The van der Waals surface area contributed by atoms with E-state index in [0.29, 0.717) is 5.92 Å². The maximum atomic E-state index is 12.0. The Morgan fingerprint density at radius 3 is 2.83 bits per heavy atom. The summed E-state index contributed by atoms with van der Waals surface area (Å²) in [5, 5.41) is 11.9. The van der Waals surface area contributed by atoms with Crippen LogP contribution < -0.4 is 5.32 Å². The van der Waals surface area contributed by atoms with Crippen LogP contribution in [-0.2, 0) is 17.7 Å². The van der Waals surface area contributed by atoms with Gasteiger partial charge in [-0.15, -0.1) is 10.2 Å². The molecule has 0 aromatic carbocycles. The highest BCUT2D eigenvalue weighted by atomic mass is 16.6. The van der Waals surface area contributed by atoms with Crippen molar-refractivity contribution in [2.75, 3.05) is 0 Å². The highest BCUT2D eigenvalue weighted by Crippen LogP contribution is 2.33. The van der Waals surface area contributed by atoms with E-state index in [9.17, 15) is 4.79 Å². The second kappa shape index (κ2) is 6.49. The average Bonchev–Trinajstić information content (AvgIpc) is 2.89. The van der Waals surface area contributed by atoms with Crippen LogP contribution in [-0.4, -0.2) is 32.5 Å². The second-order valence-electron chi connectivity index (χ2n) is 7.79. The highest BCUT2D eigenvalue weighted by molar-refractivity contribution is 5.68. The molecular weight excluding hydrogens is 292 g/mol. The molecule has 1 saturated carbocycles. The molecule has 2 heterocycles. The van der Waals surface area contributed by atoms with Crippen LogP contribution in [0.1, 0.15) is 76.9 Å². The zero-order chi connectivity index (χ0) is 16.4. The van der Waals surface area contributed by atoms with Crippen molar-refractivity contribution >= 4 is 6.09 Å². The van der Waals surface area contributed by atoms with Gasteiger partial charge in [0, 0.05) is 24.9 Å². The van der Waals surface area contributed by atoms with Crippen molar-refractivity contribution in [3.8, 4) is 0 Å². The quantitative estimate of drug-likeness (QED) is 0.909. The first-order valence-corrected chi connectivity index (χ1v) is 8.84. The molecule has 0 saturated heterocycles. The summed E-state index contributed by atoms with van der Waals surface area (Å²) in [5.74, 6) is 2.65. The molecule has 0 bridgehead atoms. The molecule has 1 aromatic rings. The Morgan fingerprint density at radius 2 is 2.04 bits per heavy atom. The van der Waals surface area contributed by atoms with Gasteiger partial charge in [-0.3, -0.25) is 0 Å². The number of aromatic nitrogens is 3. The van der Waals surface area contributed by atoms with Crippen molar-refractivity contribution in [3.63, 3.8) is 0 Å². The normalized spacial score (nSPS) is 24.8. The monoisotopic (exact) mass is 320 g/mol. The van der Waals surface area contributed by atoms with E-state index in [2.05, 4.69) is 20.1 Å². The number of amides is 1. The lowest BCUT2D eigenvalue weighted by Crippen LogP contribution is -2.41. The first-order valence-electron chi connectivity index (χ1n) is 8.84. The first-order chi connectivity index (χ1) is 10.9. The summed E-state index contributed by atoms with van der Waals surface area (Å²) in [7, 11) is 0. The number of carbonyl (C=O) groups is 1. The van der Waals surface area contributed by atoms with Gasteiger partial charge in [-0.25, -0.2) is 4.79 Å². The van der Waals surface area contributed by atoms with Gasteiger partial charge in [-0.1, -0.05) is 6.42 Å². The van der Waals surface area contributed by atoms with Crippen molar-refractivity contribution < 1.29 is 9.53 Å². The Hall–Kier alpha value is -1.59. The van der Waals surface area contributed by atoms with Crippen LogP contribution >= 0.6 is 0 Å². The number of nitrogens with one attached hydrogen (secondary N) is 1. The summed E-state index contributed by atoms with van der Waals surface area (Å²) in [6.45, 7) is 6.70. The fourth-order valence-electron chi connectivity index (χ4n) is 3.66. The molecule has 1 amide bonds. The Bertz CT molecular complexity index is 561.